The molecule has 7 nitrogen and oxygen atoms in total. The van der Waals surface area contributed by atoms with Crippen LogP contribution in [0.25, 0.3) is 0 Å². The Hall–Kier alpha value is -0.870. The van der Waals surface area contributed by atoms with Gasteiger partial charge in [-0.15, -0.1) is 24.0 Å². The molecule has 0 saturated heterocycles. The van der Waals surface area contributed by atoms with E-state index < -0.39 is 0 Å². The van der Waals surface area contributed by atoms with Gasteiger partial charge in [-0.1, -0.05) is 0 Å². The summed E-state index contributed by atoms with van der Waals surface area (Å²) in [6.07, 6.45) is 6.67. The molecule has 0 radical (unpaired) electrons. The Bertz CT molecular complexity index is 401. The first kappa shape index (κ1) is 23.1. The fourth-order valence-electron chi connectivity index (χ4n) is 1.98. The van der Waals surface area contributed by atoms with Crippen molar-refractivity contribution in [2.24, 2.45) is 4.99 Å². The Labute approximate surface area is 162 Å². The summed E-state index contributed by atoms with van der Waals surface area (Å²) >= 11 is 0. The highest BCUT2D eigenvalue weighted by Gasteiger charge is 1.98. The van der Waals surface area contributed by atoms with E-state index in [2.05, 4.69) is 20.7 Å². The van der Waals surface area contributed by atoms with Crippen LogP contribution in [0.3, 0.4) is 0 Å². The molecular weight excluding hydrogens is 421 g/mol. The average molecular weight is 453 g/mol. The summed E-state index contributed by atoms with van der Waals surface area (Å²) in [4.78, 5) is 4.61. The van der Waals surface area contributed by atoms with Crippen LogP contribution < -0.4 is 10.6 Å². The van der Waals surface area contributed by atoms with Gasteiger partial charge in [-0.2, -0.15) is 5.10 Å². The number of ether oxygens (including phenoxy) is 2. The largest absolute Gasteiger partial charge is 0.385 e. The smallest absolute Gasteiger partial charge is 0.191 e. The minimum Gasteiger partial charge on any atom is -0.385 e. The maximum Gasteiger partial charge on any atom is 0.191 e. The van der Waals surface area contributed by atoms with Gasteiger partial charge in [0.15, 0.2) is 5.96 Å². The lowest BCUT2D eigenvalue weighted by atomic mass is 10.4. The lowest BCUT2D eigenvalue weighted by molar-refractivity contribution is 0.145. The average Bonchev–Trinajstić information content (AvgIpc) is 3.08. The van der Waals surface area contributed by atoms with Crippen LogP contribution in [0.15, 0.2) is 23.5 Å². The first-order valence-electron chi connectivity index (χ1n) is 8.43. The molecule has 1 heterocycles. The number of hydrogen-bond acceptors (Lipinski definition) is 4. The zero-order valence-electron chi connectivity index (χ0n) is 14.9. The molecule has 8 heteroatoms. The van der Waals surface area contributed by atoms with Gasteiger partial charge in [0, 0.05) is 65.5 Å². The summed E-state index contributed by atoms with van der Waals surface area (Å²) in [6, 6.07) is 1.94. The van der Waals surface area contributed by atoms with Crippen LogP contribution in [0.5, 0.6) is 0 Å². The van der Waals surface area contributed by atoms with Crippen molar-refractivity contribution in [3.8, 4) is 0 Å². The number of nitrogens with zero attached hydrogens (tertiary/aromatic N) is 3. The Kier molecular flexibility index (Phi) is 16.4. The standard InChI is InChI=1S/C16H31N5O2.HI/c1-3-23-15-7-10-19-16(18-9-6-14-22-2)17-8-4-12-21-13-5-11-20-21;/h5,11,13H,3-4,6-10,12,14-15H2,1-2H3,(H2,17,18,19);1H. The van der Waals surface area contributed by atoms with E-state index in [-0.39, 0.29) is 24.0 Å². The summed E-state index contributed by atoms with van der Waals surface area (Å²) in [5.74, 6) is 0.859. The highest BCUT2D eigenvalue weighted by atomic mass is 127. The second kappa shape index (κ2) is 17.0. The molecule has 0 aromatic carbocycles. The summed E-state index contributed by atoms with van der Waals surface area (Å²) in [5, 5.41) is 10.9. The summed E-state index contributed by atoms with van der Waals surface area (Å²) in [7, 11) is 1.72. The molecule has 0 aliphatic carbocycles. The van der Waals surface area contributed by atoms with Crippen molar-refractivity contribution in [1.29, 1.82) is 0 Å². The molecule has 1 aromatic rings. The van der Waals surface area contributed by atoms with Gasteiger partial charge in [-0.25, -0.2) is 0 Å². The predicted octanol–water partition coefficient (Wildman–Crippen LogP) is 1.89. The number of halogens is 1. The maximum absolute atomic E-state index is 5.34. The number of hydrogen-bond donors (Lipinski definition) is 2. The molecule has 0 saturated carbocycles. The van der Waals surface area contributed by atoms with Crippen LogP contribution in [0.1, 0.15) is 26.2 Å². The number of nitrogens with one attached hydrogen (secondary N) is 2. The third kappa shape index (κ3) is 12.5. The molecule has 0 spiro atoms. The van der Waals surface area contributed by atoms with E-state index in [1.165, 1.54) is 0 Å². The SMILES string of the molecule is CCOCCCNC(=NCCCn1cccn1)NCCCOC.I. The molecule has 24 heavy (non-hydrogen) atoms. The molecule has 0 unspecified atom stereocenters. The van der Waals surface area contributed by atoms with E-state index in [1.54, 1.807) is 13.3 Å². The third-order valence-corrected chi connectivity index (χ3v) is 3.15. The van der Waals surface area contributed by atoms with Crippen molar-refractivity contribution in [2.45, 2.75) is 32.7 Å². The lowest BCUT2D eigenvalue weighted by Crippen LogP contribution is -2.39. The minimum atomic E-state index is 0. The highest BCUT2D eigenvalue weighted by Crippen LogP contribution is 1.90. The van der Waals surface area contributed by atoms with E-state index in [4.69, 9.17) is 9.47 Å². The van der Waals surface area contributed by atoms with Crippen molar-refractivity contribution in [3.05, 3.63) is 18.5 Å². The lowest BCUT2D eigenvalue weighted by Gasteiger charge is -2.12. The Morgan fingerprint density at radius 2 is 1.92 bits per heavy atom. The zero-order chi connectivity index (χ0) is 16.6. The summed E-state index contributed by atoms with van der Waals surface area (Å²) in [5.41, 5.74) is 0. The number of aromatic nitrogens is 2. The van der Waals surface area contributed by atoms with Gasteiger partial charge in [0.25, 0.3) is 0 Å². The van der Waals surface area contributed by atoms with E-state index in [1.807, 2.05) is 23.9 Å². The summed E-state index contributed by atoms with van der Waals surface area (Å²) in [6.45, 7) is 7.67. The minimum absolute atomic E-state index is 0. The summed E-state index contributed by atoms with van der Waals surface area (Å²) < 4.78 is 12.3. The number of methoxy groups -OCH3 is 1. The van der Waals surface area contributed by atoms with Crippen LogP contribution in [0.2, 0.25) is 0 Å². The van der Waals surface area contributed by atoms with Gasteiger partial charge in [0.1, 0.15) is 0 Å². The van der Waals surface area contributed by atoms with Crippen LogP contribution in [0, 0.1) is 0 Å². The van der Waals surface area contributed by atoms with E-state index >= 15 is 0 Å². The fourth-order valence-corrected chi connectivity index (χ4v) is 1.98. The van der Waals surface area contributed by atoms with Crippen molar-refractivity contribution < 1.29 is 9.47 Å². The van der Waals surface area contributed by atoms with Crippen LogP contribution >= 0.6 is 24.0 Å². The van der Waals surface area contributed by atoms with E-state index in [0.717, 1.165) is 71.2 Å². The Morgan fingerprint density at radius 3 is 2.54 bits per heavy atom. The van der Waals surface area contributed by atoms with Crippen LogP contribution in [-0.2, 0) is 16.0 Å². The topological polar surface area (TPSA) is 72.7 Å². The second-order valence-electron chi connectivity index (χ2n) is 5.10. The van der Waals surface area contributed by atoms with Gasteiger partial charge < -0.3 is 20.1 Å². The van der Waals surface area contributed by atoms with Crippen molar-refractivity contribution in [3.63, 3.8) is 0 Å². The van der Waals surface area contributed by atoms with Gasteiger partial charge in [-0.3, -0.25) is 9.67 Å². The fraction of sp³-hybridized carbons (Fsp3) is 0.750. The molecule has 0 amide bonds. The molecule has 1 rings (SSSR count). The molecular formula is C16H32IN5O2. The first-order valence-corrected chi connectivity index (χ1v) is 8.43. The van der Waals surface area contributed by atoms with Gasteiger partial charge in [0.05, 0.1) is 0 Å². The van der Waals surface area contributed by atoms with E-state index in [0.29, 0.717) is 0 Å². The molecule has 0 atom stereocenters. The van der Waals surface area contributed by atoms with Gasteiger partial charge in [-0.05, 0) is 32.3 Å². The quantitative estimate of drug-likeness (QED) is 0.207. The number of rotatable bonds is 13. The van der Waals surface area contributed by atoms with Gasteiger partial charge in [0.2, 0.25) is 0 Å². The van der Waals surface area contributed by atoms with Gasteiger partial charge >= 0.3 is 0 Å². The highest BCUT2D eigenvalue weighted by molar-refractivity contribution is 14.0. The van der Waals surface area contributed by atoms with Crippen molar-refractivity contribution in [1.82, 2.24) is 20.4 Å². The molecule has 0 aliphatic heterocycles. The Morgan fingerprint density at radius 1 is 1.17 bits per heavy atom. The number of aryl methyl sites for hydroxylation is 1. The monoisotopic (exact) mass is 453 g/mol. The number of guanidine groups is 1. The second-order valence-corrected chi connectivity index (χ2v) is 5.10. The maximum atomic E-state index is 5.34. The molecule has 2 N–H and O–H groups in total. The predicted molar refractivity (Wildman–Crippen MR) is 108 cm³/mol. The van der Waals surface area contributed by atoms with Crippen molar-refractivity contribution >= 4 is 29.9 Å². The van der Waals surface area contributed by atoms with E-state index in [9.17, 15) is 0 Å². The molecule has 0 aliphatic rings. The molecule has 0 fully saturated rings. The normalized spacial score (nSPS) is 11.2. The Balaban J connectivity index is 0.00000529. The molecule has 0 bridgehead atoms. The zero-order valence-corrected chi connectivity index (χ0v) is 17.2. The molecule has 1 aromatic heterocycles. The first-order chi connectivity index (χ1) is 11.4. The van der Waals surface area contributed by atoms with Crippen LogP contribution in [-0.4, -0.2) is 62.3 Å². The van der Waals surface area contributed by atoms with Crippen molar-refractivity contribution in [2.75, 3.05) is 46.6 Å². The third-order valence-electron chi connectivity index (χ3n) is 3.15. The van der Waals surface area contributed by atoms with Crippen LogP contribution in [0.4, 0.5) is 0 Å². The molecule has 140 valence electrons. The number of aliphatic imine (C=N–C) groups is 1.